The standard InChI is InChI=1S/C33H34N2O9S2/c1-18-10-28-25(11-23(18)21(14-32(2,3)34)16-45(38,39)40)30(19-6-8-20(9-7-19)31(36)37)26-12-24-22(17-46(41,42)43)15-33(4,5)35-27(24)13-29(26)44-28/h6-15H,16-17,34H2,1-5H3,(H,36,37)(H,38,39,40)(H,41,42,43)/b21-14-. The summed E-state index contributed by atoms with van der Waals surface area (Å²) in [5, 5.41) is 10.5. The van der Waals surface area contributed by atoms with Crippen LogP contribution < -0.4 is 21.0 Å². The summed E-state index contributed by atoms with van der Waals surface area (Å²) < 4.78 is 74.1. The van der Waals surface area contributed by atoms with Crippen molar-refractivity contribution in [3.63, 3.8) is 0 Å². The number of aromatic carboxylic acids is 1. The molecule has 13 heteroatoms. The SMILES string of the molecule is Cc1cc2c(cc1/C(=C\C(C)(C)N)CS(=O)(=O)O)C(c1ccc(C(=O)O)cc1)=c1cc3c(cc1O2)=NC(C)(C)C=C3CS(=O)(=O)O. The van der Waals surface area contributed by atoms with Crippen molar-refractivity contribution in [2.24, 2.45) is 10.7 Å². The maximum absolute atomic E-state index is 12.1. The number of ether oxygens (including phenoxy) is 1. The number of aryl methyl sites for hydroxylation is 1. The Hall–Kier alpha value is -4.14. The summed E-state index contributed by atoms with van der Waals surface area (Å²) in [7, 11) is -8.86. The Labute approximate surface area is 267 Å². The molecular weight excluding hydrogens is 633 g/mol. The molecule has 0 atom stereocenters. The van der Waals surface area contributed by atoms with Crippen molar-refractivity contribution in [2.75, 3.05) is 11.5 Å². The molecule has 11 nitrogen and oxygen atoms in total. The van der Waals surface area contributed by atoms with Crippen LogP contribution in [-0.4, -0.2) is 59.6 Å². The van der Waals surface area contributed by atoms with Crippen LogP contribution in [-0.2, 0) is 20.2 Å². The zero-order valence-electron chi connectivity index (χ0n) is 25.8. The van der Waals surface area contributed by atoms with Gasteiger partial charge < -0.3 is 15.6 Å². The number of carbonyl (C=O) groups is 1. The topological polar surface area (TPSA) is 194 Å². The Balaban J connectivity index is 1.88. The Morgan fingerprint density at radius 3 is 2.20 bits per heavy atom. The summed E-state index contributed by atoms with van der Waals surface area (Å²) >= 11 is 0. The van der Waals surface area contributed by atoms with E-state index in [4.69, 9.17) is 15.5 Å². The zero-order valence-corrected chi connectivity index (χ0v) is 27.5. The van der Waals surface area contributed by atoms with Gasteiger partial charge in [0.05, 0.1) is 16.5 Å². The summed E-state index contributed by atoms with van der Waals surface area (Å²) in [5.41, 5.74) is 8.52. The van der Waals surface area contributed by atoms with Crippen LogP contribution in [0.4, 0.5) is 0 Å². The molecule has 2 heterocycles. The van der Waals surface area contributed by atoms with Crippen LogP contribution in [0.15, 0.2) is 65.7 Å². The Bertz CT molecular complexity index is 2210. The molecule has 0 bridgehead atoms. The maximum Gasteiger partial charge on any atom is 0.335 e. The maximum atomic E-state index is 12.1. The molecule has 0 aliphatic carbocycles. The lowest BCUT2D eigenvalue weighted by molar-refractivity contribution is 0.0696. The van der Waals surface area contributed by atoms with Crippen LogP contribution in [0.5, 0.6) is 11.5 Å². The molecule has 0 amide bonds. The molecule has 0 aromatic heterocycles. The van der Waals surface area contributed by atoms with Crippen LogP contribution in [0, 0.1) is 6.92 Å². The average molecular weight is 667 g/mol. The van der Waals surface area contributed by atoms with E-state index in [-0.39, 0.29) is 11.1 Å². The number of fused-ring (bicyclic) bond motifs is 3. The van der Waals surface area contributed by atoms with E-state index in [9.17, 15) is 35.8 Å². The number of benzene rings is 3. The number of carboxylic acid groups (broad SMARTS) is 1. The minimum Gasteiger partial charge on any atom is -0.478 e. The Morgan fingerprint density at radius 1 is 0.978 bits per heavy atom. The molecule has 2 aliphatic rings. The molecule has 5 rings (SSSR count). The first-order valence-corrected chi connectivity index (χ1v) is 17.4. The Morgan fingerprint density at radius 2 is 1.63 bits per heavy atom. The van der Waals surface area contributed by atoms with Crippen molar-refractivity contribution >= 4 is 42.9 Å². The lowest BCUT2D eigenvalue weighted by Crippen LogP contribution is -2.31. The summed E-state index contributed by atoms with van der Waals surface area (Å²) in [6, 6.07) is 13.1. The zero-order chi connectivity index (χ0) is 34.0. The minimum absolute atomic E-state index is 0.0647. The molecule has 3 aromatic rings. The smallest absolute Gasteiger partial charge is 0.335 e. The van der Waals surface area contributed by atoms with E-state index < -0.39 is 48.8 Å². The molecule has 0 fully saturated rings. The van der Waals surface area contributed by atoms with Crippen molar-refractivity contribution in [1.82, 2.24) is 0 Å². The van der Waals surface area contributed by atoms with E-state index in [1.54, 1.807) is 69.3 Å². The highest BCUT2D eigenvalue weighted by molar-refractivity contribution is 7.86. The second kappa shape index (κ2) is 11.3. The third-order valence-corrected chi connectivity index (χ3v) is 8.81. The normalized spacial score (nSPS) is 16.0. The predicted molar refractivity (Wildman–Crippen MR) is 175 cm³/mol. The van der Waals surface area contributed by atoms with E-state index in [1.807, 2.05) is 13.8 Å². The van der Waals surface area contributed by atoms with Gasteiger partial charge in [-0.25, -0.2) is 4.79 Å². The number of hydrogen-bond acceptors (Lipinski definition) is 8. The highest BCUT2D eigenvalue weighted by atomic mass is 32.2. The molecule has 0 saturated heterocycles. The fourth-order valence-corrected chi connectivity index (χ4v) is 7.13. The van der Waals surface area contributed by atoms with Gasteiger partial charge in [0.2, 0.25) is 0 Å². The molecule has 2 aliphatic heterocycles. The van der Waals surface area contributed by atoms with Gasteiger partial charge in [-0.1, -0.05) is 24.3 Å². The molecule has 242 valence electrons. The van der Waals surface area contributed by atoms with E-state index in [1.165, 1.54) is 12.1 Å². The fraction of sp³-hybridized carbons (Fsp3) is 0.273. The lowest BCUT2D eigenvalue weighted by Gasteiger charge is -2.27. The van der Waals surface area contributed by atoms with Gasteiger partial charge in [-0.15, -0.1) is 0 Å². The first-order valence-electron chi connectivity index (χ1n) is 14.2. The van der Waals surface area contributed by atoms with Gasteiger partial charge in [0, 0.05) is 33.5 Å². The fourth-order valence-electron chi connectivity index (χ4n) is 5.87. The van der Waals surface area contributed by atoms with E-state index >= 15 is 0 Å². The quantitative estimate of drug-likeness (QED) is 0.201. The first-order chi connectivity index (χ1) is 21.1. The van der Waals surface area contributed by atoms with Gasteiger partial charge in [-0.3, -0.25) is 14.1 Å². The van der Waals surface area contributed by atoms with E-state index in [0.29, 0.717) is 61.0 Å². The van der Waals surface area contributed by atoms with Crippen molar-refractivity contribution in [1.29, 1.82) is 0 Å². The average Bonchev–Trinajstić information content (AvgIpc) is 2.87. The summed E-state index contributed by atoms with van der Waals surface area (Å²) in [5.74, 6) is -1.61. The molecule has 46 heavy (non-hydrogen) atoms. The second-order valence-corrected chi connectivity index (χ2v) is 15.7. The highest BCUT2D eigenvalue weighted by Crippen LogP contribution is 2.40. The van der Waals surface area contributed by atoms with Gasteiger partial charge in [-0.2, -0.15) is 16.8 Å². The summed E-state index contributed by atoms with van der Waals surface area (Å²) in [4.78, 5) is 16.4. The van der Waals surface area contributed by atoms with Crippen LogP contribution in [0.1, 0.15) is 65.9 Å². The van der Waals surface area contributed by atoms with E-state index in [0.717, 1.165) is 0 Å². The number of nitrogens with zero attached hydrogens (tertiary/aromatic N) is 1. The van der Waals surface area contributed by atoms with Crippen LogP contribution in [0.25, 0.3) is 16.7 Å². The van der Waals surface area contributed by atoms with Gasteiger partial charge >= 0.3 is 5.97 Å². The largest absolute Gasteiger partial charge is 0.478 e. The molecular formula is C33H34N2O9S2. The minimum atomic E-state index is -4.45. The molecule has 0 radical (unpaired) electrons. The van der Waals surface area contributed by atoms with Gasteiger partial charge in [-0.05, 0) is 92.8 Å². The second-order valence-electron chi connectivity index (χ2n) is 12.8. The van der Waals surface area contributed by atoms with Crippen LogP contribution >= 0.6 is 0 Å². The van der Waals surface area contributed by atoms with Gasteiger partial charge in [0.25, 0.3) is 20.2 Å². The van der Waals surface area contributed by atoms with E-state index in [2.05, 4.69) is 0 Å². The van der Waals surface area contributed by atoms with Gasteiger partial charge in [0.1, 0.15) is 23.0 Å². The predicted octanol–water partition coefficient (Wildman–Crippen LogP) is 3.74. The van der Waals surface area contributed by atoms with Gasteiger partial charge in [0.15, 0.2) is 0 Å². The molecule has 3 aromatic carbocycles. The molecule has 0 unspecified atom stereocenters. The third kappa shape index (κ3) is 7.29. The van der Waals surface area contributed by atoms with Crippen molar-refractivity contribution < 1.29 is 40.6 Å². The Kier molecular flexibility index (Phi) is 8.15. The third-order valence-electron chi connectivity index (χ3n) is 7.45. The van der Waals surface area contributed by atoms with Crippen molar-refractivity contribution in [3.8, 4) is 11.5 Å². The van der Waals surface area contributed by atoms with Crippen molar-refractivity contribution in [3.05, 3.63) is 105 Å². The number of hydrogen-bond donors (Lipinski definition) is 4. The summed E-state index contributed by atoms with van der Waals surface area (Å²) in [6.07, 6.45) is 3.25. The number of carboxylic acids is 1. The highest BCUT2D eigenvalue weighted by Gasteiger charge is 2.29. The summed E-state index contributed by atoms with van der Waals surface area (Å²) in [6.45, 7) is 8.77. The first kappa shape index (κ1) is 33.2. The van der Waals surface area contributed by atoms with Crippen molar-refractivity contribution in [2.45, 2.75) is 45.7 Å². The van der Waals surface area contributed by atoms with Crippen LogP contribution in [0.2, 0.25) is 0 Å². The number of nitrogens with two attached hydrogens (primary N) is 1. The number of rotatable bonds is 8. The lowest BCUT2D eigenvalue weighted by atomic mass is 9.86. The van der Waals surface area contributed by atoms with Crippen LogP contribution in [0.3, 0.4) is 0 Å². The molecule has 0 saturated carbocycles. The molecule has 0 spiro atoms. The molecule has 5 N–H and O–H groups in total. The monoisotopic (exact) mass is 666 g/mol.